The van der Waals surface area contributed by atoms with Crippen LogP contribution in [0.2, 0.25) is 10.0 Å². The number of nitrogens with one attached hydrogen (secondary N) is 1. The van der Waals surface area contributed by atoms with Gasteiger partial charge in [0, 0.05) is 16.6 Å². The first-order valence-electron chi connectivity index (χ1n) is 8.31. The molecule has 2 aromatic rings. The normalized spacial score (nSPS) is 16.3. The molecule has 27 heavy (non-hydrogen) atoms. The number of benzene rings is 2. The Balaban J connectivity index is 1.81. The van der Waals surface area contributed by atoms with Crippen LogP contribution >= 0.6 is 23.2 Å². The number of carbonyl (C=O) groups is 2. The van der Waals surface area contributed by atoms with Gasteiger partial charge < -0.3 is 15.0 Å². The summed E-state index contributed by atoms with van der Waals surface area (Å²) in [5.74, 6) is -1.07. The predicted molar refractivity (Wildman–Crippen MR) is 102 cm³/mol. The molecule has 0 radical (unpaired) electrons. The van der Waals surface area contributed by atoms with Crippen LogP contribution in [0.15, 0.2) is 36.4 Å². The molecule has 0 bridgehead atoms. The predicted octanol–water partition coefficient (Wildman–Crippen LogP) is 4.38. The van der Waals surface area contributed by atoms with E-state index in [0.717, 1.165) is 6.07 Å². The lowest BCUT2D eigenvalue weighted by atomic mass is 10.1. The van der Waals surface area contributed by atoms with Crippen molar-refractivity contribution in [3.8, 4) is 5.75 Å². The number of rotatable bonds is 4. The number of anilines is 1. The van der Waals surface area contributed by atoms with Gasteiger partial charge in [-0.2, -0.15) is 0 Å². The summed E-state index contributed by atoms with van der Waals surface area (Å²) in [5.41, 5.74) is 0.298. The lowest BCUT2D eigenvalue weighted by Gasteiger charge is -2.25. The van der Waals surface area contributed by atoms with E-state index in [4.69, 9.17) is 27.9 Å². The van der Waals surface area contributed by atoms with Gasteiger partial charge in [0.25, 0.3) is 5.91 Å². The lowest BCUT2D eigenvalue weighted by Crippen LogP contribution is -2.43. The van der Waals surface area contributed by atoms with Crippen LogP contribution in [0.25, 0.3) is 0 Å². The SMILES string of the molecule is COc1ccc(Cl)cc1C(=O)N1CCCC1C(=O)Nc1ccc(Cl)cc1F. The topological polar surface area (TPSA) is 58.6 Å². The maximum atomic E-state index is 14.0. The molecule has 2 aromatic carbocycles. The third-order valence-corrected chi connectivity index (χ3v) is 4.87. The number of hydrogen-bond donors (Lipinski definition) is 1. The van der Waals surface area contributed by atoms with Crippen LogP contribution in [0.4, 0.5) is 10.1 Å². The molecule has 0 aromatic heterocycles. The van der Waals surface area contributed by atoms with Crippen molar-refractivity contribution in [2.45, 2.75) is 18.9 Å². The Morgan fingerprint density at radius 3 is 2.59 bits per heavy atom. The minimum absolute atomic E-state index is 0.0176. The van der Waals surface area contributed by atoms with Gasteiger partial charge in [0.1, 0.15) is 17.6 Å². The van der Waals surface area contributed by atoms with E-state index in [9.17, 15) is 14.0 Å². The highest BCUT2D eigenvalue weighted by Crippen LogP contribution is 2.28. The van der Waals surface area contributed by atoms with Crippen LogP contribution in [-0.4, -0.2) is 36.4 Å². The molecular weight excluding hydrogens is 394 g/mol. The molecule has 1 N–H and O–H groups in total. The molecule has 1 fully saturated rings. The smallest absolute Gasteiger partial charge is 0.258 e. The average molecular weight is 411 g/mol. The molecule has 0 aliphatic carbocycles. The Kier molecular flexibility index (Phi) is 5.87. The molecule has 0 spiro atoms. The summed E-state index contributed by atoms with van der Waals surface area (Å²) in [4.78, 5) is 27.1. The monoisotopic (exact) mass is 410 g/mol. The Morgan fingerprint density at radius 2 is 1.89 bits per heavy atom. The highest BCUT2D eigenvalue weighted by molar-refractivity contribution is 6.31. The van der Waals surface area contributed by atoms with Gasteiger partial charge in [-0.3, -0.25) is 9.59 Å². The molecule has 1 atom stereocenters. The van der Waals surface area contributed by atoms with E-state index < -0.39 is 17.8 Å². The third-order valence-electron chi connectivity index (χ3n) is 4.40. The minimum Gasteiger partial charge on any atom is -0.496 e. The van der Waals surface area contributed by atoms with E-state index >= 15 is 0 Å². The zero-order valence-corrected chi connectivity index (χ0v) is 16.0. The van der Waals surface area contributed by atoms with Gasteiger partial charge in [0.05, 0.1) is 18.4 Å². The molecule has 2 amide bonds. The van der Waals surface area contributed by atoms with Crippen LogP contribution < -0.4 is 10.1 Å². The van der Waals surface area contributed by atoms with E-state index in [1.807, 2.05) is 0 Å². The van der Waals surface area contributed by atoms with Crippen molar-refractivity contribution in [2.75, 3.05) is 19.0 Å². The molecule has 142 valence electrons. The van der Waals surface area contributed by atoms with Crippen LogP contribution in [0, 0.1) is 5.82 Å². The third kappa shape index (κ3) is 4.17. The second-order valence-electron chi connectivity index (χ2n) is 6.11. The standard InChI is InChI=1S/C19H17Cl2FN2O3/c1-27-17-7-5-11(20)9-13(17)19(26)24-8-2-3-16(24)18(25)23-15-6-4-12(21)10-14(15)22/h4-7,9-10,16H,2-3,8H2,1H3,(H,23,25). The number of halogens is 3. The Labute approximate surface area is 166 Å². The molecule has 1 heterocycles. The van der Waals surface area contributed by atoms with Crippen LogP contribution in [0.1, 0.15) is 23.2 Å². The molecule has 3 rings (SSSR count). The van der Waals surface area contributed by atoms with Gasteiger partial charge in [-0.15, -0.1) is 0 Å². The number of carbonyl (C=O) groups excluding carboxylic acids is 2. The van der Waals surface area contributed by atoms with Crippen LogP contribution in [0.3, 0.4) is 0 Å². The summed E-state index contributed by atoms with van der Waals surface area (Å²) in [5, 5.41) is 3.16. The van der Waals surface area contributed by atoms with Crippen molar-refractivity contribution in [3.05, 3.63) is 57.8 Å². The molecule has 1 aliphatic heterocycles. The largest absolute Gasteiger partial charge is 0.496 e. The van der Waals surface area contributed by atoms with Crippen LogP contribution in [0.5, 0.6) is 5.75 Å². The second kappa shape index (κ2) is 8.15. The van der Waals surface area contributed by atoms with Crippen LogP contribution in [-0.2, 0) is 4.79 Å². The summed E-state index contributed by atoms with van der Waals surface area (Å²) in [7, 11) is 1.46. The van der Waals surface area contributed by atoms with E-state index in [1.165, 1.54) is 30.2 Å². The van der Waals surface area contributed by atoms with Crippen molar-refractivity contribution in [1.82, 2.24) is 4.90 Å². The molecule has 0 saturated carbocycles. The van der Waals surface area contributed by atoms with Gasteiger partial charge in [0.2, 0.25) is 5.91 Å². The maximum absolute atomic E-state index is 14.0. The first-order chi connectivity index (χ1) is 12.9. The number of amides is 2. The van der Waals surface area contributed by atoms with E-state index in [-0.39, 0.29) is 22.2 Å². The zero-order chi connectivity index (χ0) is 19.6. The zero-order valence-electron chi connectivity index (χ0n) is 14.5. The van der Waals surface area contributed by atoms with Crippen molar-refractivity contribution in [3.63, 3.8) is 0 Å². The number of hydrogen-bond acceptors (Lipinski definition) is 3. The maximum Gasteiger partial charge on any atom is 0.258 e. The average Bonchev–Trinajstić information content (AvgIpc) is 3.13. The molecule has 1 unspecified atom stereocenters. The minimum atomic E-state index is -0.712. The number of methoxy groups -OCH3 is 1. The van der Waals surface area contributed by atoms with Gasteiger partial charge in [-0.1, -0.05) is 23.2 Å². The Hall–Kier alpha value is -2.31. The van der Waals surface area contributed by atoms with Gasteiger partial charge in [-0.25, -0.2) is 4.39 Å². The fraction of sp³-hybridized carbons (Fsp3) is 0.263. The highest BCUT2D eigenvalue weighted by atomic mass is 35.5. The van der Waals surface area contributed by atoms with E-state index in [1.54, 1.807) is 12.1 Å². The number of ether oxygens (including phenoxy) is 1. The van der Waals surface area contributed by atoms with Gasteiger partial charge in [-0.05, 0) is 49.2 Å². The van der Waals surface area contributed by atoms with E-state index in [0.29, 0.717) is 30.2 Å². The molecule has 8 heteroatoms. The number of likely N-dealkylation sites (tertiary alicyclic amines) is 1. The summed E-state index contributed by atoms with van der Waals surface area (Å²) in [6.45, 7) is 0.412. The first-order valence-corrected chi connectivity index (χ1v) is 9.06. The van der Waals surface area contributed by atoms with Crippen molar-refractivity contribution in [1.29, 1.82) is 0 Å². The van der Waals surface area contributed by atoms with Crippen molar-refractivity contribution >= 4 is 40.7 Å². The molecule has 5 nitrogen and oxygen atoms in total. The van der Waals surface area contributed by atoms with E-state index in [2.05, 4.69) is 5.32 Å². The molecule has 1 aliphatic rings. The second-order valence-corrected chi connectivity index (χ2v) is 6.99. The summed E-state index contributed by atoms with van der Waals surface area (Å²) in [6.07, 6.45) is 1.14. The molecule has 1 saturated heterocycles. The summed E-state index contributed by atoms with van der Waals surface area (Å²) >= 11 is 11.7. The van der Waals surface area contributed by atoms with Gasteiger partial charge in [0.15, 0.2) is 0 Å². The van der Waals surface area contributed by atoms with Crippen molar-refractivity contribution in [2.24, 2.45) is 0 Å². The fourth-order valence-electron chi connectivity index (χ4n) is 3.09. The summed E-state index contributed by atoms with van der Waals surface area (Å²) < 4.78 is 19.2. The molecular formula is C19H17Cl2FN2O3. The Morgan fingerprint density at radius 1 is 1.19 bits per heavy atom. The number of nitrogens with zero attached hydrogens (tertiary/aromatic N) is 1. The highest BCUT2D eigenvalue weighted by Gasteiger charge is 2.35. The first kappa shape index (κ1) is 19.5. The van der Waals surface area contributed by atoms with Crippen molar-refractivity contribution < 1.29 is 18.7 Å². The lowest BCUT2D eigenvalue weighted by molar-refractivity contribution is -0.119. The summed E-state index contributed by atoms with van der Waals surface area (Å²) in [6, 6.07) is 8.00. The quantitative estimate of drug-likeness (QED) is 0.812. The van der Waals surface area contributed by atoms with Gasteiger partial charge >= 0.3 is 0 Å². The fourth-order valence-corrected chi connectivity index (χ4v) is 3.42. The Bertz CT molecular complexity index is 891.